The van der Waals surface area contributed by atoms with Gasteiger partial charge in [-0.1, -0.05) is 13.8 Å². The lowest BCUT2D eigenvalue weighted by Gasteiger charge is -2.09. The molecule has 0 aromatic carbocycles. The molecule has 3 nitrogen and oxygen atoms in total. The molecule has 0 saturated heterocycles. The smallest absolute Gasteiger partial charge is 0.109 e. The lowest BCUT2D eigenvalue weighted by atomic mass is 10.2. The van der Waals surface area contributed by atoms with E-state index in [2.05, 4.69) is 41.5 Å². The Bertz CT molecular complexity index is 302. The van der Waals surface area contributed by atoms with E-state index >= 15 is 0 Å². The molecule has 15 heavy (non-hydrogen) atoms. The number of ether oxygens (including phenoxy) is 1. The molecule has 1 aromatic heterocycles. The highest BCUT2D eigenvalue weighted by Gasteiger charge is 2.08. The highest BCUT2D eigenvalue weighted by molar-refractivity contribution is 14.1. The zero-order valence-electron chi connectivity index (χ0n) is 9.04. The van der Waals surface area contributed by atoms with Gasteiger partial charge >= 0.3 is 0 Å². The van der Waals surface area contributed by atoms with Crippen LogP contribution in [-0.4, -0.2) is 23.1 Å². The van der Waals surface area contributed by atoms with Gasteiger partial charge in [-0.05, 0) is 28.5 Å². The number of aromatic nitrogens is 2. The molecule has 0 saturated carbocycles. The average molecular weight is 326 g/mol. The van der Waals surface area contributed by atoms with Crippen LogP contribution in [0.2, 0.25) is 0 Å². The van der Waals surface area contributed by atoms with E-state index in [0.717, 1.165) is 15.9 Å². The summed E-state index contributed by atoms with van der Waals surface area (Å²) in [5.41, 5.74) is 0.967. The monoisotopic (exact) mass is 326 g/mol. The number of aryl methyl sites for hydroxylation is 1. The van der Waals surface area contributed by atoms with E-state index in [4.69, 9.17) is 4.74 Å². The third-order valence-corrected chi connectivity index (χ3v) is 2.79. The molecule has 0 aliphatic heterocycles. The normalized spacial score (nSPS) is 11.3. The van der Waals surface area contributed by atoms with Crippen molar-refractivity contribution < 1.29 is 9.13 Å². The first kappa shape index (κ1) is 12.9. The second kappa shape index (κ2) is 6.42. The quantitative estimate of drug-likeness (QED) is 0.752. The van der Waals surface area contributed by atoms with Crippen LogP contribution in [-0.2, 0) is 17.9 Å². The molecule has 86 valence electrons. The first-order valence-corrected chi connectivity index (χ1v) is 6.07. The van der Waals surface area contributed by atoms with Gasteiger partial charge in [-0.3, -0.25) is 4.68 Å². The Morgan fingerprint density at radius 3 is 2.93 bits per heavy atom. The van der Waals surface area contributed by atoms with E-state index in [1.165, 1.54) is 0 Å². The maximum atomic E-state index is 12.2. The summed E-state index contributed by atoms with van der Waals surface area (Å²) in [4.78, 5) is 0. The summed E-state index contributed by atoms with van der Waals surface area (Å²) in [6, 6.07) is 0. The van der Waals surface area contributed by atoms with Gasteiger partial charge < -0.3 is 4.74 Å². The maximum absolute atomic E-state index is 12.2. The van der Waals surface area contributed by atoms with E-state index in [1.54, 1.807) is 10.9 Å². The van der Waals surface area contributed by atoms with Crippen molar-refractivity contribution in [1.29, 1.82) is 0 Å². The second-order valence-corrected chi connectivity index (χ2v) is 4.92. The Balaban J connectivity index is 2.54. The molecule has 0 unspecified atom stereocenters. The van der Waals surface area contributed by atoms with Gasteiger partial charge in [-0.25, -0.2) is 4.39 Å². The Hall–Kier alpha value is -0.170. The highest BCUT2D eigenvalue weighted by atomic mass is 127. The molecule has 1 rings (SSSR count). The summed E-state index contributed by atoms with van der Waals surface area (Å²) in [5.74, 6) is 0.514. The Morgan fingerprint density at radius 2 is 2.33 bits per heavy atom. The van der Waals surface area contributed by atoms with Crippen LogP contribution in [0.1, 0.15) is 19.5 Å². The van der Waals surface area contributed by atoms with Crippen LogP contribution in [0.25, 0.3) is 0 Å². The minimum Gasteiger partial charge on any atom is -0.375 e. The molecular formula is C10H16FIN2O. The fourth-order valence-corrected chi connectivity index (χ4v) is 1.75. The fourth-order valence-electron chi connectivity index (χ4n) is 1.20. The summed E-state index contributed by atoms with van der Waals surface area (Å²) < 4.78 is 20.4. The van der Waals surface area contributed by atoms with E-state index in [-0.39, 0.29) is 0 Å². The molecule has 5 heteroatoms. The number of nitrogens with zero attached hydrogens (tertiary/aromatic N) is 2. The van der Waals surface area contributed by atoms with Crippen molar-refractivity contribution in [3.05, 3.63) is 15.5 Å². The van der Waals surface area contributed by atoms with Crippen LogP contribution in [0, 0.1) is 9.49 Å². The molecule has 1 heterocycles. The number of rotatable bonds is 6. The second-order valence-electron chi connectivity index (χ2n) is 3.76. The van der Waals surface area contributed by atoms with E-state index in [9.17, 15) is 4.39 Å². The first-order chi connectivity index (χ1) is 7.15. The summed E-state index contributed by atoms with van der Waals surface area (Å²) in [6.45, 7) is 5.35. The number of alkyl halides is 1. The molecular weight excluding hydrogens is 310 g/mol. The fraction of sp³-hybridized carbons (Fsp3) is 0.700. The molecule has 0 aliphatic carbocycles. The van der Waals surface area contributed by atoms with Crippen LogP contribution >= 0.6 is 22.6 Å². The van der Waals surface area contributed by atoms with Crippen LogP contribution in [0.4, 0.5) is 4.39 Å². The lowest BCUT2D eigenvalue weighted by Crippen LogP contribution is -2.10. The summed E-state index contributed by atoms with van der Waals surface area (Å²) in [7, 11) is 0. The average Bonchev–Trinajstić information content (AvgIpc) is 2.50. The minimum absolute atomic E-state index is 0.309. The van der Waals surface area contributed by atoms with E-state index in [0.29, 0.717) is 19.1 Å². The highest BCUT2D eigenvalue weighted by Crippen LogP contribution is 2.13. The van der Waals surface area contributed by atoms with Gasteiger partial charge in [-0.15, -0.1) is 0 Å². The van der Waals surface area contributed by atoms with Crippen LogP contribution in [0.15, 0.2) is 6.20 Å². The number of halogens is 2. The molecule has 0 radical (unpaired) electrons. The largest absolute Gasteiger partial charge is 0.375 e. The van der Waals surface area contributed by atoms with Gasteiger partial charge in [0.1, 0.15) is 6.67 Å². The van der Waals surface area contributed by atoms with E-state index < -0.39 is 6.67 Å². The molecule has 0 aliphatic rings. The number of hydrogen-bond acceptors (Lipinski definition) is 2. The maximum Gasteiger partial charge on any atom is 0.109 e. The van der Waals surface area contributed by atoms with Crippen LogP contribution in [0.3, 0.4) is 0 Å². The third kappa shape index (κ3) is 4.06. The first-order valence-electron chi connectivity index (χ1n) is 4.99. The Labute approximate surface area is 103 Å². The number of hydrogen-bond donors (Lipinski definition) is 0. The molecule has 0 bridgehead atoms. The Kier molecular flexibility index (Phi) is 5.52. The van der Waals surface area contributed by atoms with Crippen molar-refractivity contribution in [3.63, 3.8) is 0 Å². The summed E-state index contributed by atoms with van der Waals surface area (Å²) in [6.07, 6.45) is 1.74. The van der Waals surface area contributed by atoms with Gasteiger partial charge in [0, 0.05) is 6.61 Å². The summed E-state index contributed by atoms with van der Waals surface area (Å²) in [5, 5.41) is 4.09. The van der Waals surface area contributed by atoms with Crippen molar-refractivity contribution in [2.45, 2.75) is 27.0 Å². The van der Waals surface area contributed by atoms with Crippen LogP contribution < -0.4 is 0 Å². The van der Waals surface area contributed by atoms with E-state index in [1.807, 2.05) is 0 Å². The lowest BCUT2D eigenvalue weighted by molar-refractivity contribution is 0.0912. The SMILES string of the molecule is CC(C)COCc1c(I)cnn1CCF. The topological polar surface area (TPSA) is 27.1 Å². The van der Waals surface area contributed by atoms with Crippen LogP contribution in [0.5, 0.6) is 0 Å². The van der Waals surface area contributed by atoms with Gasteiger partial charge in [0.2, 0.25) is 0 Å². The van der Waals surface area contributed by atoms with Crippen molar-refractivity contribution in [3.8, 4) is 0 Å². The van der Waals surface area contributed by atoms with Crippen molar-refractivity contribution >= 4 is 22.6 Å². The predicted molar refractivity (Wildman–Crippen MR) is 65.4 cm³/mol. The molecule has 0 atom stereocenters. The van der Waals surface area contributed by atoms with Gasteiger partial charge in [0.25, 0.3) is 0 Å². The standard InChI is InChI=1S/C10H16FIN2O/c1-8(2)6-15-7-10-9(12)5-13-14(10)4-3-11/h5,8H,3-4,6-7H2,1-2H3. The third-order valence-electron chi connectivity index (χ3n) is 1.88. The molecule has 0 spiro atoms. The summed E-state index contributed by atoms with van der Waals surface area (Å²) >= 11 is 2.19. The predicted octanol–water partition coefficient (Wildman–Crippen LogP) is 2.63. The van der Waals surface area contributed by atoms with Crippen molar-refractivity contribution in [2.75, 3.05) is 13.3 Å². The van der Waals surface area contributed by atoms with Gasteiger partial charge in [0.15, 0.2) is 0 Å². The van der Waals surface area contributed by atoms with Crippen molar-refractivity contribution in [1.82, 2.24) is 9.78 Å². The molecule has 0 amide bonds. The van der Waals surface area contributed by atoms with Gasteiger partial charge in [-0.2, -0.15) is 5.10 Å². The van der Waals surface area contributed by atoms with Crippen molar-refractivity contribution in [2.24, 2.45) is 5.92 Å². The Morgan fingerprint density at radius 1 is 1.60 bits per heavy atom. The minimum atomic E-state index is -0.394. The molecule has 0 N–H and O–H groups in total. The zero-order chi connectivity index (χ0) is 11.3. The molecule has 1 aromatic rings. The zero-order valence-corrected chi connectivity index (χ0v) is 11.2. The molecule has 0 fully saturated rings. The van der Waals surface area contributed by atoms with Gasteiger partial charge in [0.05, 0.1) is 28.6 Å².